The normalized spacial score (nSPS) is 16.3. The second-order valence-electron chi connectivity index (χ2n) is 7.87. The van der Waals surface area contributed by atoms with E-state index in [2.05, 4.69) is 22.5 Å². The molecule has 2 N–H and O–H groups in total. The summed E-state index contributed by atoms with van der Waals surface area (Å²) in [6, 6.07) is 5.42. The Hall–Kier alpha value is -1.82. The summed E-state index contributed by atoms with van der Waals surface area (Å²) in [4.78, 5) is 16.3. The predicted molar refractivity (Wildman–Crippen MR) is 116 cm³/mol. The van der Waals surface area contributed by atoms with Crippen molar-refractivity contribution in [3.8, 4) is 0 Å². The fraction of sp³-hybridized carbons (Fsp3) is 0.727. The minimum Gasteiger partial charge on any atom is -0.382 e. The van der Waals surface area contributed by atoms with Crippen LogP contribution in [0.3, 0.4) is 0 Å². The Morgan fingerprint density at radius 1 is 1.25 bits per heavy atom. The summed E-state index contributed by atoms with van der Waals surface area (Å²) >= 11 is 0. The van der Waals surface area contributed by atoms with Crippen LogP contribution in [0.1, 0.15) is 57.6 Å². The lowest BCUT2D eigenvalue weighted by Crippen LogP contribution is -2.43. The average molecular weight is 391 g/mol. The molecular weight excluding hydrogens is 352 g/mol. The fourth-order valence-corrected chi connectivity index (χ4v) is 4.08. The second kappa shape index (κ2) is 11.9. The van der Waals surface area contributed by atoms with Crippen LogP contribution in [0, 0.1) is 12.3 Å². The smallest absolute Gasteiger partial charge is 0.250 e. The SMILES string of the molecule is CCOCCC1(CNC(=NC)NCCCCn2c(C)cccc2=O)CCCC1. The summed E-state index contributed by atoms with van der Waals surface area (Å²) in [5, 5.41) is 6.95. The van der Waals surface area contributed by atoms with Crippen molar-refractivity contribution in [1.29, 1.82) is 0 Å². The summed E-state index contributed by atoms with van der Waals surface area (Å²) in [5.74, 6) is 0.871. The van der Waals surface area contributed by atoms with Crippen molar-refractivity contribution in [2.75, 3.05) is 33.4 Å². The van der Waals surface area contributed by atoms with Gasteiger partial charge in [0.2, 0.25) is 0 Å². The van der Waals surface area contributed by atoms with E-state index in [0.29, 0.717) is 5.41 Å². The lowest BCUT2D eigenvalue weighted by molar-refractivity contribution is 0.105. The number of guanidine groups is 1. The van der Waals surface area contributed by atoms with Crippen molar-refractivity contribution in [2.45, 2.75) is 65.3 Å². The van der Waals surface area contributed by atoms with Gasteiger partial charge in [-0.25, -0.2) is 0 Å². The van der Waals surface area contributed by atoms with Gasteiger partial charge in [0.15, 0.2) is 5.96 Å². The van der Waals surface area contributed by atoms with E-state index in [1.54, 1.807) is 6.07 Å². The number of nitrogens with one attached hydrogen (secondary N) is 2. The fourth-order valence-electron chi connectivity index (χ4n) is 4.08. The minimum absolute atomic E-state index is 0.0827. The molecule has 0 atom stereocenters. The molecule has 0 aromatic carbocycles. The molecular formula is C22H38N4O2. The van der Waals surface area contributed by atoms with Gasteiger partial charge in [-0.05, 0) is 57.4 Å². The summed E-state index contributed by atoms with van der Waals surface area (Å²) in [6.07, 6.45) is 8.26. The van der Waals surface area contributed by atoms with Crippen molar-refractivity contribution < 1.29 is 4.74 Å². The van der Waals surface area contributed by atoms with Crippen molar-refractivity contribution in [1.82, 2.24) is 15.2 Å². The van der Waals surface area contributed by atoms with Crippen molar-refractivity contribution in [3.63, 3.8) is 0 Å². The Bertz CT molecular complexity index is 663. The molecule has 2 rings (SSSR count). The van der Waals surface area contributed by atoms with Gasteiger partial charge in [-0.2, -0.15) is 0 Å². The summed E-state index contributed by atoms with van der Waals surface area (Å²) in [5.41, 5.74) is 1.45. The molecule has 1 aliphatic rings. The molecule has 0 aliphatic heterocycles. The van der Waals surface area contributed by atoms with Crippen LogP contribution in [0.5, 0.6) is 0 Å². The van der Waals surface area contributed by atoms with Gasteiger partial charge in [0.25, 0.3) is 5.56 Å². The van der Waals surface area contributed by atoms with Gasteiger partial charge in [0.05, 0.1) is 0 Å². The number of aliphatic imine (C=N–C) groups is 1. The number of hydrogen-bond donors (Lipinski definition) is 2. The number of pyridine rings is 1. The van der Waals surface area contributed by atoms with Gasteiger partial charge >= 0.3 is 0 Å². The topological polar surface area (TPSA) is 67.7 Å². The number of aromatic nitrogens is 1. The average Bonchev–Trinajstić information content (AvgIpc) is 3.15. The molecule has 1 aromatic heterocycles. The van der Waals surface area contributed by atoms with E-state index in [4.69, 9.17) is 4.74 Å². The Kier molecular flexibility index (Phi) is 9.55. The highest BCUT2D eigenvalue weighted by atomic mass is 16.5. The van der Waals surface area contributed by atoms with Gasteiger partial charge in [-0.15, -0.1) is 0 Å². The maximum atomic E-state index is 11.9. The highest BCUT2D eigenvalue weighted by Crippen LogP contribution is 2.40. The molecule has 6 nitrogen and oxygen atoms in total. The quantitative estimate of drug-likeness (QED) is 0.346. The highest BCUT2D eigenvalue weighted by Gasteiger charge is 2.33. The number of nitrogens with zero attached hydrogens (tertiary/aromatic N) is 2. The van der Waals surface area contributed by atoms with Gasteiger partial charge in [-0.1, -0.05) is 18.9 Å². The molecule has 0 saturated heterocycles. The lowest BCUT2D eigenvalue weighted by Gasteiger charge is -2.30. The molecule has 0 radical (unpaired) electrons. The molecule has 0 bridgehead atoms. The van der Waals surface area contributed by atoms with Crippen molar-refractivity contribution in [3.05, 3.63) is 34.2 Å². The molecule has 0 spiro atoms. The number of hydrogen-bond acceptors (Lipinski definition) is 3. The van der Waals surface area contributed by atoms with Crippen LogP contribution < -0.4 is 16.2 Å². The standard InChI is InChI=1S/C22H38N4O2/c1-4-28-17-14-22(12-5-6-13-22)18-25-21(23-3)24-15-7-8-16-26-19(2)10-9-11-20(26)27/h9-11H,4-8,12-18H2,1-3H3,(H2,23,24,25). The molecule has 158 valence electrons. The van der Waals surface area contributed by atoms with Crippen LogP contribution in [0.2, 0.25) is 0 Å². The first-order chi connectivity index (χ1) is 13.6. The van der Waals surface area contributed by atoms with Crippen LogP contribution in [-0.2, 0) is 11.3 Å². The van der Waals surface area contributed by atoms with E-state index in [0.717, 1.165) is 63.8 Å². The Morgan fingerprint density at radius 2 is 2.04 bits per heavy atom. The number of unbranched alkanes of at least 4 members (excludes halogenated alkanes) is 1. The molecule has 0 amide bonds. The van der Waals surface area contributed by atoms with E-state index in [9.17, 15) is 4.79 Å². The Balaban J connectivity index is 1.70. The van der Waals surface area contributed by atoms with Crippen molar-refractivity contribution >= 4 is 5.96 Å². The number of ether oxygens (including phenoxy) is 1. The van der Waals surface area contributed by atoms with Gasteiger partial charge in [0, 0.05) is 51.7 Å². The van der Waals surface area contributed by atoms with Crippen LogP contribution in [-0.4, -0.2) is 43.9 Å². The zero-order chi connectivity index (χ0) is 20.2. The first-order valence-electron chi connectivity index (χ1n) is 10.8. The molecule has 1 saturated carbocycles. The minimum atomic E-state index is 0.0827. The van der Waals surface area contributed by atoms with Gasteiger partial charge < -0.3 is 19.9 Å². The first-order valence-corrected chi connectivity index (χ1v) is 10.8. The van der Waals surface area contributed by atoms with E-state index >= 15 is 0 Å². The monoisotopic (exact) mass is 390 g/mol. The van der Waals surface area contributed by atoms with Gasteiger partial charge in [-0.3, -0.25) is 9.79 Å². The molecule has 6 heteroatoms. The second-order valence-corrected chi connectivity index (χ2v) is 7.87. The van der Waals surface area contributed by atoms with Crippen LogP contribution >= 0.6 is 0 Å². The predicted octanol–water partition coefficient (Wildman–Crippen LogP) is 3.09. The summed E-state index contributed by atoms with van der Waals surface area (Å²) < 4.78 is 7.44. The first kappa shape index (κ1) is 22.5. The lowest BCUT2D eigenvalue weighted by atomic mass is 9.83. The van der Waals surface area contributed by atoms with E-state index < -0.39 is 0 Å². The van der Waals surface area contributed by atoms with Crippen LogP contribution in [0.15, 0.2) is 28.0 Å². The zero-order valence-corrected chi connectivity index (χ0v) is 17.9. The Labute approximate surface area is 169 Å². The third-order valence-corrected chi connectivity index (χ3v) is 5.87. The number of aryl methyl sites for hydroxylation is 1. The molecule has 0 unspecified atom stereocenters. The van der Waals surface area contributed by atoms with Gasteiger partial charge in [0.1, 0.15) is 0 Å². The maximum Gasteiger partial charge on any atom is 0.250 e. The molecule has 1 heterocycles. The number of rotatable bonds is 11. The maximum absolute atomic E-state index is 11.9. The molecule has 1 fully saturated rings. The van der Waals surface area contributed by atoms with E-state index in [-0.39, 0.29) is 5.56 Å². The van der Waals surface area contributed by atoms with Crippen LogP contribution in [0.4, 0.5) is 0 Å². The third-order valence-electron chi connectivity index (χ3n) is 5.87. The molecule has 28 heavy (non-hydrogen) atoms. The van der Waals surface area contributed by atoms with E-state index in [1.807, 2.05) is 30.7 Å². The molecule has 1 aliphatic carbocycles. The Morgan fingerprint density at radius 3 is 2.71 bits per heavy atom. The van der Waals surface area contributed by atoms with E-state index in [1.165, 1.54) is 25.7 Å². The highest BCUT2D eigenvalue weighted by molar-refractivity contribution is 5.79. The van der Waals surface area contributed by atoms with Crippen LogP contribution in [0.25, 0.3) is 0 Å². The zero-order valence-electron chi connectivity index (χ0n) is 17.9. The third kappa shape index (κ3) is 6.97. The molecule has 1 aromatic rings. The summed E-state index contributed by atoms with van der Waals surface area (Å²) in [6.45, 7) is 8.25. The largest absolute Gasteiger partial charge is 0.382 e. The van der Waals surface area contributed by atoms with Crippen molar-refractivity contribution in [2.24, 2.45) is 10.4 Å². The summed E-state index contributed by atoms with van der Waals surface area (Å²) in [7, 11) is 1.82.